The van der Waals surface area contributed by atoms with Gasteiger partial charge in [0.15, 0.2) is 0 Å². The van der Waals surface area contributed by atoms with Crippen LogP contribution in [-0.2, 0) is 19.5 Å². The van der Waals surface area contributed by atoms with Gasteiger partial charge in [-0.05, 0) is 18.9 Å². The fourth-order valence-electron chi connectivity index (χ4n) is 1.12. The van der Waals surface area contributed by atoms with Crippen molar-refractivity contribution < 1.29 is 19.5 Å². The van der Waals surface area contributed by atoms with Crippen molar-refractivity contribution in [3.63, 3.8) is 0 Å². The van der Waals surface area contributed by atoms with Gasteiger partial charge in [0, 0.05) is 25.7 Å². The number of hydrogen-bond donors (Lipinski definition) is 0. The average Bonchev–Trinajstić information content (AvgIpc) is 2.36. The average molecular weight is 224 g/mol. The summed E-state index contributed by atoms with van der Waals surface area (Å²) in [5, 5.41) is 0. The zero-order chi connectivity index (χ0) is 6.74. The molecule has 58 valence electrons. The minimum absolute atomic E-state index is 0. The van der Waals surface area contributed by atoms with Gasteiger partial charge in [0.2, 0.25) is 0 Å². The van der Waals surface area contributed by atoms with Gasteiger partial charge in [-0.1, -0.05) is 19.9 Å². The first kappa shape index (κ1) is 10.0. The second kappa shape index (κ2) is 4.03. The van der Waals surface area contributed by atoms with Crippen molar-refractivity contribution >= 4 is 6.21 Å². The molecular formula is C8H13NRu. The Hall–Kier alpha value is 0.0334. The standard InChI is InChI=1S/C8H13N.Ru/c1-3-8(4-2)6-5-7-9-8;/h5-7H,3-4H2,1-2H3;. The molecule has 0 aromatic carbocycles. The molecule has 2 heteroatoms. The van der Waals surface area contributed by atoms with Gasteiger partial charge < -0.3 is 0 Å². The Balaban J connectivity index is 0.000000810. The Bertz CT molecular complexity index is 131. The molecule has 0 aromatic rings. The Morgan fingerprint density at radius 2 is 1.90 bits per heavy atom. The molecule has 0 fully saturated rings. The maximum atomic E-state index is 4.37. The summed E-state index contributed by atoms with van der Waals surface area (Å²) in [4.78, 5) is 4.37. The summed E-state index contributed by atoms with van der Waals surface area (Å²) in [6.45, 7) is 4.35. The third-order valence-electron chi connectivity index (χ3n) is 2.05. The first-order valence-electron chi connectivity index (χ1n) is 3.56. The van der Waals surface area contributed by atoms with E-state index in [1.54, 1.807) is 0 Å². The molecule has 0 unspecified atom stereocenters. The Morgan fingerprint density at radius 3 is 2.10 bits per heavy atom. The number of aliphatic imine (C=N–C) groups is 1. The zero-order valence-electron chi connectivity index (χ0n) is 6.45. The van der Waals surface area contributed by atoms with Crippen molar-refractivity contribution in [2.24, 2.45) is 4.99 Å². The SMILES string of the molecule is CCC1(CC)C=CC=N1.[Ru]. The fraction of sp³-hybridized carbons (Fsp3) is 0.625. The second-order valence-corrected chi connectivity index (χ2v) is 2.45. The molecule has 1 rings (SSSR count). The summed E-state index contributed by atoms with van der Waals surface area (Å²) in [6.07, 6.45) is 8.36. The van der Waals surface area contributed by atoms with Gasteiger partial charge in [-0.2, -0.15) is 0 Å². The van der Waals surface area contributed by atoms with Gasteiger partial charge in [0.1, 0.15) is 0 Å². The Morgan fingerprint density at radius 1 is 1.30 bits per heavy atom. The molecule has 0 bridgehead atoms. The third-order valence-corrected chi connectivity index (χ3v) is 2.05. The molecule has 0 radical (unpaired) electrons. The van der Waals surface area contributed by atoms with Crippen molar-refractivity contribution in [2.45, 2.75) is 32.2 Å². The number of allylic oxidation sites excluding steroid dienone is 1. The zero-order valence-corrected chi connectivity index (χ0v) is 8.19. The summed E-state index contributed by atoms with van der Waals surface area (Å²) in [7, 11) is 0. The molecule has 0 spiro atoms. The van der Waals surface area contributed by atoms with E-state index in [-0.39, 0.29) is 25.0 Å². The van der Waals surface area contributed by atoms with Crippen LogP contribution in [0.4, 0.5) is 0 Å². The fourth-order valence-corrected chi connectivity index (χ4v) is 1.12. The van der Waals surface area contributed by atoms with Crippen LogP contribution in [0, 0.1) is 0 Å². The van der Waals surface area contributed by atoms with Crippen molar-refractivity contribution in [3.8, 4) is 0 Å². The first-order valence-corrected chi connectivity index (χ1v) is 3.56. The molecule has 1 heterocycles. The van der Waals surface area contributed by atoms with Crippen molar-refractivity contribution in [2.75, 3.05) is 0 Å². The van der Waals surface area contributed by atoms with E-state index in [9.17, 15) is 0 Å². The van der Waals surface area contributed by atoms with E-state index in [1.807, 2.05) is 12.3 Å². The minimum Gasteiger partial charge on any atom is -0.282 e. The van der Waals surface area contributed by atoms with E-state index < -0.39 is 0 Å². The van der Waals surface area contributed by atoms with Crippen LogP contribution in [0.15, 0.2) is 17.1 Å². The van der Waals surface area contributed by atoms with E-state index in [0.29, 0.717) is 0 Å². The molecule has 1 aliphatic rings. The van der Waals surface area contributed by atoms with Crippen molar-refractivity contribution in [1.29, 1.82) is 0 Å². The van der Waals surface area contributed by atoms with Gasteiger partial charge in [-0.15, -0.1) is 0 Å². The summed E-state index contributed by atoms with van der Waals surface area (Å²) in [5.41, 5.74) is 0.167. The Kier molecular flexibility index (Phi) is 4.04. The third kappa shape index (κ3) is 1.76. The molecule has 0 saturated carbocycles. The molecule has 1 nitrogen and oxygen atoms in total. The molecule has 10 heavy (non-hydrogen) atoms. The van der Waals surface area contributed by atoms with Crippen LogP contribution in [0.5, 0.6) is 0 Å². The molecule has 0 aromatic heterocycles. The van der Waals surface area contributed by atoms with Crippen LogP contribution in [0.2, 0.25) is 0 Å². The van der Waals surface area contributed by atoms with Gasteiger partial charge in [0.05, 0.1) is 5.54 Å². The normalized spacial score (nSPS) is 19.0. The van der Waals surface area contributed by atoms with E-state index in [0.717, 1.165) is 12.8 Å². The second-order valence-electron chi connectivity index (χ2n) is 2.45. The Labute approximate surface area is 75.4 Å². The van der Waals surface area contributed by atoms with Gasteiger partial charge >= 0.3 is 0 Å². The first-order chi connectivity index (χ1) is 4.33. The molecule has 0 amide bonds. The summed E-state index contributed by atoms with van der Waals surface area (Å²) >= 11 is 0. The van der Waals surface area contributed by atoms with Gasteiger partial charge in [-0.25, -0.2) is 0 Å². The number of rotatable bonds is 2. The van der Waals surface area contributed by atoms with Gasteiger partial charge in [-0.3, -0.25) is 4.99 Å². The topological polar surface area (TPSA) is 12.4 Å². The molecule has 0 aliphatic carbocycles. The number of hydrogen-bond acceptors (Lipinski definition) is 1. The maximum Gasteiger partial charge on any atom is 0.0785 e. The van der Waals surface area contributed by atoms with Crippen LogP contribution in [0.3, 0.4) is 0 Å². The van der Waals surface area contributed by atoms with Crippen molar-refractivity contribution in [1.82, 2.24) is 0 Å². The minimum atomic E-state index is 0. The molecule has 0 N–H and O–H groups in total. The molecule has 0 atom stereocenters. The molecular weight excluding hydrogens is 211 g/mol. The van der Waals surface area contributed by atoms with E-state index >= 15 is 0 Å². The quantitative estimate of drug-likeness (QED) is 0.637. The van der Waals surface area contributed by atoms with Crippen LogP contribution in [-0.4, -0.2) is 11.8 Å². The van der Waals surface area contributed by atoms with Crippen LogP contribution >= 0.6 is 0 Å². The van der Waals surface area contributed by atoms with E-state index in [4.69, 9.17) is 0 Å². The van der Waals surface area contributed by atoms with Crippen LogP contribution in [0.1, 0.15) is 26.7 Å². The van der Waals surface area contributed by atoms with Crippen LogP contribution in [0.25, 0.3) is 0 Å². The van der Waals surface area contributed by atoms with Gasteiger partial charge in [0.25, 0.3) is 0 Å². The van der Waals surface area contributed by atoms with E-state index in [2.05, 4.69) is 24.9 Å². The van der Waals surface area contributed by atoms with Crippen molar-refractivity contribution in [3.05, 3.63) is 12.2 Å². The molecule has 0 saturated heterocycles. The monoisotopic (exact) mass is 225 g/mol. The maximum absolute atomic E-state index is 4.37. The predicted molar refractivity (Wildman–Crippen MR) is 40.9 cm³/mol. The van der Waals surface area contributed by atoms with E-state index in [1.165, 1.54) is 0 Å². The molecule has 1 aliphatic heterocycles. The summed E-state index contributed by atoms with van der Waals surface area (Å²) in [5.74, 6) is 0. The van der Waals surface area contributed by atoms with Crippen LogP contribution < -0.4 is 0 Å². The summed E-state index contributed by atoms with van der Waals surface area (Å²) < 4.78 is 0. The predicted octanol–water partition coefficient (Wildman–Crippen LogP) is 2.18. The summed E-state index contributed by atoms with van der Waals surface area (Å²) in [6, 6.07) is 0. The smallest absolute Gasteiger partial charge is 0.0785 e. The number of nitrogens with zero attached hydrogens (tertiary/aromatic N) is 1. The largest absolute Gasteiger partial charge is 0.282 e.